The lowest BCUT2D eigenvalue weighted by Crippen LogP contribution is -2.09. The van der Waals surface area contributed by atoms with Gasteiger partial charge >= 0.3 is 5.97 Å². The van der Waals surface area contributed by atoms with E-state index in [9.17, 15) is 9.59 Å². The van der Waals surface area contributed by atoms with Gasteiger partial charge in [0, 0.05) is 22.5 Å². The van der Waals surface area contributed by atoms with Gasteiger partial charge in [0.25, 0.3) is 0 Å². The second kappa shape index (κ2) is 6.21. The van der Waals surface area contributed by atoms with Crippen LogP contribution in [0.15, 0.2) is 35.7 Å². The van der Waals surface area contributed by atoms with Crippen molar-refractivity contribution < 1.29 is 14.3 Å². The van der Waals surface area contributed by atoms with E-state index < -0.39 is 11.9 Å². The van der Waals surface area contributed by atoms with Crippen LogP contribution in [0.3, 0.4) is 0 Å². The number of para-hydroxylation sites is 1. The van der Waals surface area contributed by atoms with Crippen LogP contribution in [0, 0.1) is 0 Å². The van der Waals surface area contributed by atoms with Crippen LogP contribution < -0.4 is 11.1 Å². The third kappa shape index (κ3) is 3.16. The largest absolute Gasteiger partial charge is 0.465 e. The second-order valence-corrected chi connectivity index (χ2v) is 5.05. The minimum Gasteiger partial charge on any atom is -0.465 e. The first kappa shape index (κ1) is 14.1. The summed E-state index contributed by atoms with van der Waals surface area (Å²) in [5, 5.41) is 4.87. The third-order valence-electron chi connectivity index (χ3n) is 2.72. The smallest absolute Gasteiger partial charge is 0.339 e. The van der Waals surface area contributed by atoms with Crippen LogP contribution in [0.1, 0.15) is 25.6 Å². The molecule has 0 aliphatic rings. The average Bonchev–Trinajstić information content (AvgIpc) is 2.93. The molecule has 0 atom stereocenters. The minimum absolute atomic E-state index is 0.392. The van der Waals surface area contributed by atoms with Gasteiger partial charge in [-0.3, -0.25) is 4.79 Å². The van der Waals surface area contributed by atoms with Crippen molar-refractivity contribution in [3.05, 3.63) is 51.7 Å². The summed E-state index contributed by atoms with van der Waals surface area (Å²) in [6.07, 6.45) is 0. The van der Waals surface area contributed by atoms with Crippen LogP contribution in [-0.4, -0.2) is 19.0 Å². The van der Waals surface area contributed by atoms with E-state index >= 15 is 0 Å². The van der Waals surface area contributed by atoms with Crippen molar-refractivity contribution in [3.8, 4) is 0 Å². The van der Waals surface area contributed by atoms with Gasteiger partial charge in [-0.2, -0.15) is 0 Å². The first-order chi connectivity index (χ1) is 9.61. The second-order valence-electron chi connectivity index (χ2n) is 4.06. The lowest BCUT2D eigenvalue weighted by molar-refractivity contribution is 0.0601. The Bertz CT molecular complexity index is 637. The van der Waals surface area contributed by atoms with Crippen molar-refractivity contribution in [1.82, 2.24) is 0 Å². The van der Waals surface area contributed by atoms with Gasteiger partial charge in [-0.05, 0) is 18.2 Å². The van der Waals surface area contributed by atoms with Crippen molar-refractivity contribution in [2.75, 3.05) is 12.4 Å². The van der Waals surface area contributed by atoms with E-state index in [1.165, 1.54) is 18.4 Å². The summed E-state index contributed by atoms with van der Waals surface area (Å²) >= 11 is 1.44. The summed E-state index contributed by atoms with van der Waals surface area (Å²) in [6.45, 7) is 0.506. The summed E-state index contributed by atoms with van der Waals surface area (Å²) in [5.41, 5.74) is 6.86. The van der Waals surface area contributed by atoms with E-state index in [4.69, 9.17) is 10.5 Å². The highest BCUT2D eigenvalue weighted by Gasteiger charge is 2.11. The molecule has 0 spiro atoms. The van der Waals surface area contributed by atoms with Crippen LogP contribution in [0.5, 0.6) is 0 Å². The SMILES string of the molecule is COC(=O)c1ccccc1NCc1cc(C(N)=O)cs1. The number of carbonyl (C=O) groups is 2. The molecule has 5 nitrogen and oxygen atoms in total. The van der Waals surface area contributed by atoms with Crippen LogP contribution >= 0.6 is 11.3 Å². The van der Waals surface area contributed by atoms with Gasteiger partial charge in [-0.15, -0.1) is 11.3 Å². The van der Waals surface area contributed by atoms with E-state index in [1.807, 2.05) is 6.07 Å². The molecule has 2 aromatic rings. The van der Waals surface area contributed by atoms with E-state index in [-0.39, 0.29) is 0 Å². The maximum absolute atomic E-state index is 11.6. The zero-order valence-electron chi connectivity index (χ0n) is 10.9. The molecule has 20 heavy (non-hydrogen) atoms. The van der Waals surface area contributed by atoms with Gasteiger partial charge in [0.15, 0.2) is 0 Å². The molecule has 0 bridgehead atoms. The van der Waals surface area contributed by atoms with Gasteiger partial charge in [0.1, 0.15) is 0 Å². The molecule has 0 unspecified atom stereocenters. The molecule has 0 saturated carbocycles. The molecule has 0 aliphatic carbocycles. The van der Waals surface area contributed by atoms with Crippen molar-refractivity contribution >= 4 is 28.9 Å². The number of hydrogen-bond acceptors (Lipinski definition) is 5. The molecule has 0 fully saturated rings. The van der Waals surface area contributed by atoms with Gasteiger partial charge in [-0.1, -0.05) is 12.1 Å². The molecule has 1 heterocycles. The van der Waals surface area contributed by atoms with Crippen molar-refractivity contribution in [3.63, 3.8) is 0 Å². The number of benzene rings is 1. The fourth-order valence-electron chi connectivity index (χ4n) is 1.71. The number of thiophene rings is 1. The number of rotatable bonds is 5. The molecule has 0 aliphatic heterocycles. The van der Waals surface area contributed by atoms with Gasteiger partial charge in [0.2, 0.25) is 5.91 Å². The summed E-state index contributed by atoms with van der Waals surface area (Å²) in [4.78, 5) is 23.6. The molecule has 104 valence electrons. The predicted molar refractivity (Wildman–Crippen MR) is 77.9 cm³/mol. The van der Waals surface area contributed by atoms with E-state index in [2.05, 4.69) is 5.32 Å². The Morgan fingerprint density at radius 2 is 2.10 bits per heavy atom. The lowest BCUT2D eigenvalue weighted by atomic mass is 10.2. The standard InChI is InChI=1S/C14H14N2O3S/c1-19-14(18)11-4-2-3-5-12(11)16-7-10-6-9(8-20-10)13(15)17/h2-6,8,16H,7H2,1H3,(H2,15,17). The molecule has 1 amide bonds. The molecular formula is C14H14N2O3S. The summed E-state index contributed by atoms with van der Waals surface area (Å²) in [6, 6.07) is 8.83. The number of methoxy groups -OCH3 is 1. The quantitative estimate of drug-likeness (QED) is 0.827. The molecule has 0 radical (unpaired) electrons. The maximum Gasteiger partial charge on any atom is 0.339 e. The number of nitrogens with one attached hydrogen (secondary N) is 1. The van der Waals surface area contributed by atoms with Crippen LogP contribution in [0.25, 0.3) is 0 Å². The normalized spacial score (nSPS) is 10.1. The molecule has 0 saturated heterocycles. The van der Waals surface area contributed by atoms with E-state index in [1.54, 1.807) is 29.6 Å². The number of amides is 1. The number of anilines is 1. The fraction of sp³-hybridized carbons (Fsp3) is 0.143. The number of primary amides is 1. The number of esters is 1. The van der Waals surface area contributed by atoms with E-state index in [0.717, 1.165) is 4.88 Å². The van der Waals surface area contributed by atoms with E-state index in [0.29, 0.717) is 23.4 Å². The summed E-state index contributed by atoms with van der Waals surface area (Å²) in [5.74, 6) is -0.834. The first-order valence-corrected chi connectivity index (χ1v) is 6.78. The Hall–Kier alpha value is -2.34. The van der Waals surface area contributed by atoms with Crippen LogP contribution in [0.4, 0.5) is 5.69 Å². The molecular weight excluding hydrogens is 276 g/mol. The van der Waals surface area contributed by atoms with Gasteiger partial charge in [-0.25, -0.2) is 4.79 Å². The monoisotopic (exact) mass is 290 g/mol. The average molecular weight is 290 g/mol. The number of carbonyl (C=O) groups excluding carboxylic acids is 2. The van der Waals surface area contributed by atoms with Gasteiger partial charge < -0.3 is 15.8 Å². The topological polar surface area (TPSA) is 81.4 Å². The third-order valence-corrected chi connectivity index (χ3v) is 3.66. The van der Waals surface area contributed by atoms with Crippen molar-refractivity contribution in [1.29, 1.82) is 0 Å². The Kier molecular flexibility index (Phi) is 4.37. The summed E-state index contributed by atoms with van der Waals surface area (Å²) < 4.78 is 4.73. The predicted octanol–water partition coefficient (Wildman–Crippen LogP) is 2.25. The first-order valence-electron chi connectivity index (χ1n) is 5.90. The van der Waals surface area contributed by atoms with Crippen LogP contribution in [0.2, 0.25) is 0 Å². The van der Waals surface area contributed by atoms with Crippen molar-refractivity contribution in [2.24, 2.45) is 5.73 Å². The molecule has 1 aromatic heterocycles. The zero-order valence-corrected chi connectivity index (χ0v) is 11.7. The Morgan fingerprint density at radius 3 is 2.75 bits per heavy atom. The van der Waals surface area contributed by atoms with Gasteiger partial charge in [0.05, 0.1) is 18.2 Å². The molecule has 2 rings (SSSR count). The maximum atomic E-state index is 11.6. The van der Waals surface area contributed by atoms with Crippen LogP contribution in [-0.2, 0) is 11.3 Å². The Morgan fingerprint density at radius 1 is 1.35 bits per heavy atom. The number of nitrogens with two attached hydrogens (primary N) is 1. The number of hydrogen-bond donors (Lipinski definition) is 2. The fourth-order valence-corrected chi connectivity index (χ4v) is 2.52. The highest BCUT2D eigenvalue weighted by molar-refractivity contribution is 7.10. The minimum atomic E-state index is -0.442. The molecule has 1 aromatic carbocycles. The zero-order chi connectivity index (χ0) is 14.5. The lowest BCUT2D eigenvalue weighted by Gasteiger charge is -2.09. The van der Waals surface area contributed by atoms with Crippen molar-refractivity contribution in [2.45, 2.75) is 6.54 Å². The molecule has 6 heteroatoms. The molecule has 3 N–H and O–H groups in total. The highest BCUT2D eigenvalue weighted by Crippen LogP contribution is 2.20. The Labute approximate surface area is 120 Å². The number of ether oxygens (including phenoxy) is 1. The summed E-state index contributed by atoms with van der Waals surface area (Å²) in [7, 11) is 1.34. The highest BCUT2D eigenvalue weighted by atomic mass is 32.1. The Balaban J connectivity index is 2.10.